The van der Waals surface area contributed by atoms with Crippen molar-refractivity contribution in [1.29, 1.82) is 5.26 Å². The second-order valence-electron chi connectivity index (χ2n) is 8.63. The minimum Gasteiger partial charge on any atom is -0.490 e. The molecule has 0 aliphatic heterocycles. The van der Waals surface area contributed by atoms with Gasteiger partial charge < -0.3 is 15.2 Å². The van der Waals surface area contributed by atoms with Crippen LogP contribution in [0.15, 0.2) is 30.5 Å². The van der Waals surface area contributed by atoms with Gasteiger partial charge in [0.15, 0.2) is 5.65 Å². The average molecular weight is 434 g/mol. The Kier molecular flexibility index (Phi) is 6.58. The van der Waals surface area contributed by atoms with Crippen LogP contribution in [-0.2, 0) is 0 Å². The lowest BCUT2D eigenvalue weighted by Crippen LogP contribution is -2.50. The lowest BCUT2D eigenvalue weighted by molar-refractivity contribution is 0.143. The number of hydrogen-bond acceptors (Lipinski definition) is 6. The number of carboxylic acid groups (broad SMARTS) is 1. The quantitative estimate of drug-likeness (QED) is 0.557. The van der Waals surface area contributed by atoms with Gasteiger partial charge in [0.05, 0.1) is 22.5 Å². The summed E-state index contributed by atoms with van der Waals surface area (Å²) in [7, 11) is 0. The molecule has 8 heteroatoms. The van der Waals surface area contributed by atoms with Crippen molar-refractivity contribution in [2.45, 2.75) is 46.6 Å². The Morgan fingerprint density at radius 3 is 2.62 bits per heavy atom. The second kappa shape index (κ2) is 9.18. The number of carbonyl (C=O) groups is 1. The van der Waals surface area contributed by atoms with Crippen LogP contribution in [0.1, 0.15) is 44.1 Å². The summed E-state index contributed by atoms with van der Waals surface area (Å²) in [6, 6.07) is 9.35. The minimum absolute atomic E-state index is 0.105. The number of nitriles is 1. The van der Waals surface area contributed by atoms with Gasteiger partial charge in [-0.05, 0) is 56.9 Å². The summed E-state index contributed by atoms with van der Waals surface area (Å²) in [5, 5.41) is 21.5. The lowest BCUT2D eigenvalue weighted by atomic mass is 9.91. The van der Waals surface area contributed by atoms with Gasteiger partial charge in [-0.3, -0.25) is 0 Å². The molecule has 8 nitrogen and oxygen atoms in total. The molecule has 0 saturated heterocycles. The number of nitrogens with zero attached hydrogens (tertiary/aromatic N) is 4. The summed E-state index contributed by atoms with van der Waals surface area (Å²) < 4.78 is 5.92. The van der Waals surface area contributed by atoms with E-state index in [9.17, 15) is 15.2 Å². The van der Waals surface area contributed by atoms with Crippen LogP contribution in [0, 0.1) is 31.1 Å². The van der Waals surface area contributed by atoms with E-state index in [0.29, 0.717) is 28.9 Å². The number of fused-ring (bicyclic) bond motifs is 1. The predicted octanol–water partition coefficient (Wildman–Crippen LogP) is 4.63. The van der Waals surface area contributed by atoms with E-state index in [4.69, 9.17) is 4.74 Å². The van der Waals surface area contributed by atoms with Crippen LogP contribution in [0.2, 0.25) is 0 Å². The van der Waals surface area contributed by atoms with E-state index in [0.717, 1.165) is 22.5 Å². The third kappa shape index (κ3) is 5.11. The molecule has 0 spiro atoms. The zero-order chi connectivity index (χ0) is 23.5. The van der Waals surface area contributed by atoms with Crippen LogP contribution in [0.3, 0.4) is 0 Å². The number of pyridine rings is 1. The third-order valence-electron chi connectivity index (χ3n) is 5.21. The molecule has 1 unspecified atom stereocenters. The number of aryl methyl sites for hydroxylation is 2. The molecule has 1 aromatic carbocycles. The summed E-state index contributed by atoms with van der Waals surface area (Å²) in [6.07, 6.45) is 1.16. The molecule has 0 aliphatic rings. The molecule has 0 fully saturated rings. The molecule has 0 aliphatic carbocycles. The fourth-order valence-corrected chi connectivity index (χ4v) is 3.81. The zero-order valence-corrected chi connectivity index (χ0v) is 18.9. The van der Waals surface area contributed by atoms with E-state index in [-0.39, 0.29) is 12.5 Å². The maximum Gasteiger partial charge on any atom is 0.405 e. The van der Waals surface area contributed by atoms with Gasteiger partial charge in [-0.25, -0.2) is 19.7 Å². The molecule has 2 heterocycles. The smallest absolute Gasteiger partial charge is 0.405 e. The van der Waals surface area contributed by atoms with Crippen molar-refractivity contribution in [3.63, 3.8) is 0 Å². The van der Waals surface area contributed by atoms with Crippen molar-refractivity contribution in [2.24, 2.45) is 5.92 Å². The first-order valence-electron chi connectivity index (χ1n) is 10.4. The Hall–Kier alpha value is -3.73. The normalized spacial score (nSPS) is 12.9. The van der Waals surface area contributed by atoms with Gasteiger partial charge in [0.25, 0.3) is 0 Å². The molecule has 32 heavy (non-hydrogen) atoms. The van der Waals surface area contributed by atoms with Crippen LogP contribution in [0.25, 0.3) is 22.3 Å². The fraction of sp³-hybridized carbons (Fsp3) is 0.375. The molecular formula is C24H27N5O3. The predicted molar refractivity (Wildman–Crippen MR) is 121 cm³/mol. The van der Waals surface area contributed by atoms with Gasteiger partial charge in [0.2, 0.25) is 0 Å². The molecule has 1 atom stereocenters. The Bertz CT molecular complexity index is 1200. The number of amides is 1. The lowest BCUT2D eigenvalue weighted by Gasteiger charge is -2.31. The van der Waals surface area contributed by atoms with E-state index in [1.165, 1.54) is 0 Å². The maximum absolute atomic E-state index is 11.2. The van der Waals surface area contributed by atoms with E-state index < -0.39 is 11.6 Å². The number of aromatic nitrogens is 3. The van der Waals surface area contributed by atoms with Gasteiger partial charge in [-0.2, -0.15) is 5.26 Å². The van der Waals surface area contributed by atoms with Gasteiger partial charge in [-0.15, -0.1) is 0 Å². The highest BCUT2D eigenvalue weighted by molar-refractivity contribution is 5.89. The second-order valence-corrected chi connectivity index (χ2v) is 8.63. The van der Waals surface area contributed by atoms with Crippen molar-refractivity contribution in [1.82, 2.24) is 20.3 Å². The number of benzene rings is 1. The first-order chi connectivity index (χ1) is 15.1. The fourth-order valence-electron chi connectivity index (χ4n) is 3.81. The van der Waals surface area contributed by atoms with Crippen molar-refractivity contribution in [2.75, 3.05) is 6.61 Å². The summed E-state index contributed by atoms with van der Waals surface area (Å²) in [4.78, 5) is 24.7. The molecule has 2 N–H and O–H groups in total. The van der Waals surface area contributed by atoms with Gasteiger partial charge in [-0.1, -0.05) is 19.9 Å². The van der Waals surface area contributed by atoms with Crippen LogP contribution >= 0.6 is 0 Å². The molecule has 0 saturated carbocycles. The van der Waals surface area contributed by atoms with E-state index in [1.807, 2.05) is 39.8 Å². The van der Waals surface area contributed by atoms with Crippen LogP contribution in [-0.4, -0.2) is 38.3 Å². The minimum atomic E-state index is -1.11. The molecular weight excluding hydrogens is 406 g/mol. The number of rotatable bonds is 7. The number of ether oxygens (including phenoxy) is 1. The van der Waals surface area contributed by atoms with Crippen molar-refractivity contribution in [3.8, 4) is 22.9 Å². The van der Waals surface area contributed by atoms with E-state index in [2.05, 4.69) is 26.3 Å². The summed E-state index contributed by atoms with van der Waals surface area (Å²) in [5.74, 6) is 0.663. The zero-order valence-electron chi connectivity index (χ0n) is 18.9. The van der Waals surface area contributed by atoms with Gasteiger partial charge in [0, 0.05) is 11.8 Å². The van der Waals surface area contributed by atoms with Gasteiger partial charge in [0.1, 0.15) is 23.9 Å². The Labute approximate surface area is 187 Å². The summed E-state index contributed by atoms with van der Waals surface area (Å²) in [5.41, 5.74) is 4.06. The first kappa shape index (κ1) is 22.9. The Morgan fingerprint density at radius 2 is 1.97 bits per heavy atom. The maximum atomic E-state index is 11.2. The molecule has 0 radical (unpaired) electrons. The highest BCUT2D eigenvalue weighted by Crippen LogP contribution is 2.31. The molecule has 3 rings (SSSR count). The highest BCUT2D eigenvalue weighted by atomic mass is 16.5. The van der Waals surface area contributed by atoms with E-state index >= 15 is 0 Å². The van der Waals surface area contributed by atoms with Crippen molar-refractivity contribution >= 4 is 17.3 Å². The SMILES string of the molecule is Cc1nc2nccc(-c3ccc(OCC(C)(CC(C)C)NC(=O)O)c(C#N)c3)c2nc1C. The van der Waals surface area contributed by atoms with E-state index in [1.54, 1.807) is 25.3 Å². The molecule has 3 aromatic rings. The molecule has 2 aromatic heterocycles. The number of hydrogen-bond donors (Lipinski definition) is 2. The Morgan fingerprint density at radius 1 is 1.25 bits per heavy atom. The molecule has 0 bridgehead atoms. The summed E-state index contributed by atoms with van der Waals surface area (Å²) >= 11 is 0. The third-order valence-corrected chi connectivity index (χ3v) is 5.21. The molecule has 1 amide bonds. The standard InChI is InChI=1S/C24H27N5O3/c1-14(2)11-24(5,29-23(30)31)13-32-20-7-6-17(10-18(20)12-25)19-8-9-26-22-21(19)27-15(3)16(4)28-22/h6-10,14,29H,11,13H2,1-5H3,(H,30,31). The van der Waals surface area contributed by atoms with Crippen LogP contribution in [0.5, 0.6) is 5.75 Å². The first-order valence-corrected chi connectivity index (χ1v) is 10.4. The summed E-state index contributed by atoms with van der Waals surface area (Å²) in [6.45, 7) is 9.73. The monoisotopic (exact) mass is 433 g/mol. The average Bonchev–Trinajstić information content (AvgIpc) is 2.71. The van der Waals surface area contributed by atoms with Crippen LogP contribution < -0.4 is 10.1 Å². The largest absolute Gasteiger partial charge is 0.490 e. The van der Waals surface area contributed by atoms with Gasteiger partial charge >= 0.3 is 6.09 Å². The van der Waals surface area contributed by atoms with Crippen LogP contribution in [0.4, 0.5) is 4.79 Å². The highest BCUT2D eigenvalue weighted by Gasteiger charge is 2.29. The van der Waals surface area contributed by atoms with Crippen molar-refractivity contribution < 1.29 is 14.6 Å². The Balaban J connectivity index is 1.94. The number of nitrogens with one attached hydrogen (secondary N) is 1. The molecule has 166 valence electrons. The topological polar surface area (TPSA) is 121 Å². The van der Waals surface area contributed by atoms with Crippen molar-refractivity contribution in [3.05, 3.63) is 47.4 Å².